The summed E-state index contributed by atoms with van der Waals surface area (Å²) in [6, 6.07) is 15.1. The molecule has 1 aliphatic carbocycles. The molecule has 0 radical (unpaired) electrons. The van der Waals surface area contributed by atoms with Gasteiger partial charge in [-0.3, -0.25) is 9.10 Å². The van der Waals surface area contributed by atoms with Crippen LogP contribution in [-0.4, -0.2) is 27.5 Å². The molecule has 2 aromatic rings. The van der Waals surface area contributed by atoms with Crippen molar-refractivity contribution >= 4 is 21.7 Å². The summed E-state index contributed by atoms with van der Waals surface area (Å²) in [6.45, 7) is 1.97. The lowest BCUT2D eigenvalue weighted by Gasteiger charge is -2.39. The summed E-state index contributed by atoms with van der Waals surface area (Å²) in [5.74, 6) is -0.391. The second-order valence-corrected chi connectivity index (χ2v) is 8.89. The van der Waals surface area contributed by atoms with Gasteiger partial charge in [-0.15, -0.1) is 0 Å². The highest BCUT2D eigenvalue weighted by Crippen LogP contribution is 2.54. The molecule has 6 heteroatoms. The molecule has 0 saturated carbocycles. The molecule has 2 aromatic carbocycles. The Balaban J connectivity index is 1.99. The van der Waals surface area contributed by atoms with Gasteiger partial charge in [-0.05, 0) is 43.5 Å². The maximum Gasteiger partial charge on any atom is 0.318 e. The van der Waals surface area contributed by atoms with E-state index in [1.165, 1.54) is 11.4 Å². The molecule has 4 rings (SSSR count). The van der Waals surface area contributed by atoms with Gasteiger partial charge in [-0.2, -0.15) is 0 Å². The van der Waals surface area contributed by atoms with Gasteiger partial charge in [-0.1, -0.05) is 48.0 Å². The lowest BCUT2D eigenvalue weighted by atomic mass is 9.68. The number of carbonyl (C=O) groups excluding carboxylic acids is 1. The lowest BCUT2D eigenvalue weighted by Crippen LogP contribution is -2.53. The summed E-state index contributed by atoms with van der Waals surface area (Å²) in [5.41, 5.74) is 1.31. The second-order valence-electron chi connectivity index (χ2n) is 7.07. The van der Waals surface area contributed by atoms with Gasteiger partial charge in [0.2, 0.25) is 0 Å². The van der Waals surface area contributed by atoms with Crippen molar-refractivity contribution < 1.29 is 17.9 Å². The number of benzene rings is 2. The number of carbonyl (C=O) groups is 1. The van der Waals surface area contributed by atoms with Crippen molar-refractivity contribution in [3.63, 3.8) is 0 Å². The minimum Gasteiger partial charge on any atom is -0.468 e. The predicted molar refractivity (Wildman–Crippen MR) is 103 cm³/mol. The number of rotatable bonds is 3. The van der Waals surface area contributed by atoms with E-state index >= 15 is 0 Å². The summed E-state index contributed by atoms with van der Waals surface area (Å²) in [7, 11) is -2.46. The van der Waals surface area contributed by atoms with Gasteiger partial charge in [-0.25, -0.2) is 8.42 Å². The van der Waals surface area contributed by atoms with E-state index < -0.39 is 27.4 Å². The Bertz CT molecular complexity index is 1030. The molecule has 0 fully saturated rings. The number of para-hydroxylation sites is 1. The first-order valence-corrected chi connectivity index (χ1v) is 10.3. The Morgan fingerprint density at radius 3 is 2.48 bits per heavy atom. The maximum absolute atomic E-state index is 13.5. The van der Waals surface area contributed by atoms with Gasteiger partial charge in [0.05, 0.1) is 23.7 Å². The van der Waals surface area contributed by atoms with Gasteiger partial charge in [0.1, 0.15) is 5.41 Å². The van der Waals surface area contributed by atoms with E-state index in [0.717, 1.165) is 5.57 Å². The molecule has 0 N–H and O–H groups in total. The standard InChI is InChI=1S/C21H21NO4S/c1-15-12-13-19-21(14-15,20(23)26-2)17-10-6-7-11-18(17)22(19)27(24,25)16-8-4-3-5-9-16/h3-12,19H,13-14H2,1-2H3/t19-,21+/m0/s1. The number of anilines is 1. The van der Waals surface area contributed by atoms with Gasteiger partial charge >= 0.3 is 5.97 Å². The Hall–Kier alpha value is -2.60. The van der Waals surface area contributed by atoms with E-state index in [1.807, 2.05) is 25.1 Å². The van der Waals surface area contributed by atoms with E-state index in [0.29, 0.717) is 24.1 Å². The number of nitrogens with zero attached hydrogens (tertiary/aromatic N) is 1. The number of ether oxygens (including phenoxy) is 1. The fourth-order valence-electron chi connectivity index (χ4n) is 4.43. The van der Waals surface area contributed by atoms with Crippen molar-refractivity contribution in [2.75, 3.05) is 11.4 Å². The largest absolute Gasteiger partial charge is 0.468 e. The first kappa shape index (κ1) is 17.8. The third kappa shape index (κ3) is 2.43. The van der Waals surface area contributed by atoms with Crippen LogP contribution in [0.1, 0.15) is 25.3 Å². The molecule has 1 aliphatic heterocycles. The zero-order valence-corrected chi connectivity index (χ0v) is 16.1. The molecule has 0 saturated heterocycles. The molecule has 1 heterocycles. The van der Waals surface area contributed by atoms with Crippen molar-refractivity contribution in [1.29, 1.82) is 0 Å². The Kier molecular flexibility index (Phi) is 4.11. The first-order valence-electron chi connectivity index (χ1n) is 8.86. The van der Waals surface area contributed by atoms with Crippen molar-refractivity contribution in [3.8, 4) is 0 Å². The minimum atomic E-state index is -3.82. The smallest absolute Gasteiger partial charge is 0.318 e. The fraction of sp³-hybridized carbons (Fsp3) is 0.286. The van der Waals surface area contributed by atoms with Crippen LogP contribution < -0.4 is 4.31 Å². The Morgan fingerprint density at radius 2 is 1.78 bits per heavy atom. The number of esters is 1. The van der Waals surface area contributed by atoms with Gasteiger partial charge < -0.3 is 4.74 Å². The van der Waals surface area contributed by atoms with E-state index in [4.69, 9.17) is 4.74 Å². The average Bonchev–Trinajstić information content (AvgIpc) is 2.99. The van der Waals surface area contributed by atoms with E-state index in [-0.39, 0.29) is 4.90 Å². The Morgan fingerprint density at radius 1 is 1.11 bits per heavy atom. The van der Waals surface area contributed by atoms with Crippen LogP contribution in [0, 0.1) is 0 Å². The summed E-state index contributed by atoms with van der Waals surface area (Å²) >= 11 is 0. The first-order chi connectivity index (χ1) is 12.9. The molecule has 0 spiro atoms. The minimum absolute atomic E-state index is 0.215. The summed E-state index contributed by atoms with van der Waals surface area (Å²) in [4.78, 5) is 13.2. The molecule has 0 unspecified atom stereocenters. The molecular weight excluding hydrogens is 362 g/mol. The lowest BCUT2D eigenvalue weighted by molar-refractivity contribution is -0.148. The zero-order valence-electron chi connectivity index (χ0n) is 15.3. The van der Waals surface area contributed by atoms with Crippen molar-refractivity contribution in [1.82, 2.24) is 0 Å². The van der Waals surface area contributed by atoms with Crippen LogP contribution in [0.15, 0.2) is 71.1 Å². The molecule has 0 aromatic heterocycles. The van der Waals surface area contributed by atoms with Gasteiger partial charge in [0.15, 0.2) is 0 Å². The number of fused-ring (bicyclic) bond motifs is 3. The zero-order chi connectivity index (χ0) is 19.2. The van der Waals surface area contributed by atoms with Crippen molar-refractivity contribution in [2.45, 2.75) is 36.1 Å². The van der Waals surface area contributed by atoms with Crippen LogP contribution in [0.4, 0.5) is 5.69 Å². The monoisotopic (exact) mass is 383 g/mol. The maximum atomic E-state index is 13.5. The topological polar surface area (TPSA) is 63.7 Å². The van der Waals surface area contributed by atoms with E-state index in [2.05, 4.69) is 0 Å². The quantitative estimate of drug-likeness (QED) is 0.602. The molecule has 140 valence electrons. The molecular formula is C21H21NO4S. The van der Waals surface area contributed by atoms with Crippen molar-refractivity contribution in [3.05, 3.63) is 71.8 Å². The summed E-state index contributed by atoms with van der Waals surface area (Å²) in [5, 5.41) is 0. The van der Waals surface area contributed by atoms with Crippen LogP contribution in [0.2, 0.25) is 0 Å². The number of methoxy groups -OCH3 is 1. The second kappa shape index (κ2) is 6.23. The highest BCUT2D eigenvalue weighted by atomic mass is 32.2. The normalized spacial score (nSPS) is 24.0. The molecule has 0 bridgehead atoms. The average molecular weight is 383 g/mol. The van der Waals surface area contributed by atoms with E-state index in [1.54, 1.807) is 42.5 Å². The van der Waals surface area contributed by atoms with Crippen LogP contribution in [0.25, 0.3) is 0 Å². The van der Waals surface area contributed by atoms with Crippen LogP contribution in [0.3, 0.4) is 0 Å². The van der Waals surface area contributed by atoms with E-state index in [9.17, 15) is 13.2 Å². The van der Waals surface area contributed by atoms with Crippen LogP contribution >= 0.6 is 0 Å². The number of hydrogen-bond donors (Lipinski definition) is 0. The highest BCUT2D eigenvalue weighted by Gasteiger charge is 2.60. The van der Waals surface area contributed by atoms with Gasteiger partial charge in [0.25, 0.3) is 10.0 Å². The fourth-order valence-corrected chi connectivity index (χ4v) is 6.18. The molecule has 5 nitrogen and oxygen atoms in total. The third-order valence-corrected chi connectivity index (χ3v) is 7.41. The Labute approximate surface area is 159 Å². The summed E-state index contributed by atoms with van der Waals surface area (Å²) in [6.07, 6.45) is 2.93. The molecule has 2 atom stereocenters. The molecule has 2 aliphatic rings. The molecule has 0 amide bonds. The number of hydrogen-bond acceptors (Lipinski definition) is 4. The summed E-state index contributed by atoms with van der Waals surface area (Å²) < 4.78 is 33.7. The highest BCUT2D eigenvalue weighted by molar-refractivity contribution is 7.92. The predicted octanol–water partition coefficient (Wildman–Crippen LogP) is 3.42. The SMILES string of the molecule is COC(=O)[C@@]12CC(C)=CC[C@@H]1N(S(=O)(=O)c1ccccc1)c1ccccc12. The van der Waals surface area contributed by atoms with Crippen LogP contribution in [0.5, 0.6) is 0 Å². The number of allylic oxidation sites excluding steroid dienone is 1. The van der Waals surface area contributed by atoms with Gasteiger partial charge in [0, 0.05) is 0 Å². The van der Waals surface area contributed by atoms with Crippen LogP contribution in [-0.2, 0) is 25.0 Å². The van der Waals surface area contributed by atoms with Crippen molar-refractivity contribution in [2.24, 2.45) is 0 Å². The molecule has 27 heavy (non-hydrogen) atoms. The third-order valence-electron chi connectivity index (χ3n) is 5.57. The number of sulfonamides is 1.